The molecule has 1 aliphatic heterocycles. The minimum absolute atomic E-state index is 0.0404. The van der Waals surface area contributed by atoms with E-state index >= 15 is 0 Å². The second kappa shape index (κ2) is 9.15. The highest BCUT2D eigenvalue weighted by Gasteiger charge is 2.32. The quantitative estimate of drug-likeness (QED) is 0.409. The maximum atomic E-state index is 13.1. The van der Waals surface area contributed by atoms with Gasteiger partial charge < -0.3 is 9.47 Å². The number of benzene rings is 2. The van der Waals surface area contributed by atoms with Crippen LogP contribution < -0.4 is 0 Å². The van der Waals surface area contributed by atoms with Crippen LogP contribution in [0.4, 0.5) is 0 Å². The van der Waals surface area contributed by atoms with Crippen molar-refractivity contribution in [3.63, 3.8) is 0 Å². The molecule has 1 saturated heterocycles. The van der Waals surface area contributed by atoms with Crippen molar-refractivity contribution in [1.82, 2.24) is 9.29 Å². The van der Waals surface area contributed by atoms with Crippen LogP contribution in [0.3, 0.4) is 0 Å². The Morgan fingerprint density at radius 2 is 1.84 bits per heavy atom. The Kier molecular flexibility index (Phi) is 6.48. The maximum Gasteiger partial charge on any atom is 0.338 e. The average Bonchev–Trinajstić information content (AvgIpc) is 2.77. The molecule has 9 heteroatoms. The standard InChI is InChI=1S/C23H23ClN2O5S/c1-15-12-26(13-16(2)31-15)32(28,29)20-8-5-7-18(11-20)23(27)30-14-19-10-17-6-3-4-9-21(17)25-22(19)24/h3-11,15-16H,12-14H2,1-2H3. The van der Waals surface area contributed by atoms with E-state index in [9.17, 15) is 13.2 Å². The van der Waals surface area contributed by atoms with Crippen LogP contribution in [0.25, 0.3) is 10.9 Å². The number of morpholine rings is 1. The van der Waals surface area contributed by atoms with Crippen molar-refractivity contribution in [2.24, 2.45) is 0 Å². The zero-order valence-corrected chi connectivity index (χ0v) is 19.3. The Morgan fingerprint density at radius 1 is 1.12 bits per heavy atom. The molecule has 4 rings (SSSR count). The molecule has 3 aromatic rings. The van der Waals surface area contributed by atoms with Gasteiger partial charge in [0.2, 0.25) is 10.0 Å². The van der Waals surface area contributed by atoms with E-state index in [1.54, 1.807) is 0 Å². The number of halogens is 1. The first kappa shape index (κ1) is 22.7. The lowest BCUT2D eigenvalue weighted by atomic mass is 10.1. The van der Waals surface area contributed by atoms with Crippen molar-refractivity contribution < 1.29 is 22.7 Å². The average molecular weight is 475 g/mol. The number of fused-ring (bicyclic) bond motifs is 1. The van der Waals surface area contributed by atoms with Crippen molar-refractivity contribution in [1.29, 1.82) is 0 Å². The predicted molar refractivity (Wildman–Crippen MR) is 121 cm³/mol. The molecule has 1 aliphatic rings. The van der Waals surface area contributed by atoms with Crippen LogP contribution >= 0.6 is 11.6 Å². The van der Waals surface area contributed by atoms with Gasteiger partial charge in [0.1, 0.15) is 11.8 Å². The van der Waals surface area contributed by atoms with E-state index in [1.165, 1.54) is 28.6 Å². The Balaban J connectivity index is 1.51. The molecular weight excluding hydrogens is 452 g/mol. The Labute approximate surface area is 192 Å². The lowest BCUT2D eigenvalue weighted by Gasteiger charge is -2.34. The lowest BCUT2D eigenvalue weighted by Crippen LogP contribution is -2.48. The van der Waals surface area contributed by atoms with Crippen molar-refractivity contribution >= 4 is 38.5 Å². The molecule has 2 heterocycles. The van der Waals surface area contributed by atoms with Crippen molar-refractivity contribution in [2.75, 3.05) is 13.1 Å². The molecule has 2 aromatic carbocycles. The van der Waals surface area contributed by atoms with E-state index in [-0.39, 0.29) is 47.5 Å². The van der Waals surface area contributed by atoms with Gasteiger partial charge in [0.15, 0.2) is 0 Å². The maximum absolute atomic E-state index is 13.1. The molecule has 0 bridgehead atoms. The summed E-state index contributed by atoms with van der Waals surface area (Å²) >= 11 is 6.23. The number of hydrogen-bond acceptors (Lipinski definition) is 6. The number of aromatic nitrogens is 1. The van der Waals surface area contributed by atoms with Crippen LogP contribution in [0.1, 0.15) is 29.8 Å². The first-order chi connectivity index (χ1) is 15.2. The highest BCUT2D eigenvalue weighted by Crippen LogP contribution is 2.24. The normalized spacial score (nSPS) is 19.7. The number of ether oxygens (including phenoxy) is 2. The number of sulfonamides is 1. The minimum Gasteiger partial charge on any atom is -0.457 e. The van der Waals surface area contributed by atoms with Gasteiger partial charge in [0.25, 0.3) is 0 Å². The number of rotatable bonds is 5. The number of esters is 1. The van der Waals surface area contributed by atoms with Gasteiger partial charge in [-0.15, -0.1) is 0 Å². The number of nitrogens with zero attached hydrogens (tertiary/aromatic N) is 2. The molecule has 2 atom stereocenters. The first-order valence-corrected chi connectivity index (χ1v) is 12.0. The van der Waals surface area contributed by atoms with E-state index in [0.717, 1.165) is 10.9 Å². The van der Waals surface area contributed by atoms with Crippen LogP contribution in [-0.4, -0.2) is 49.0 Å². The second-order valence-corrected chi connectivity index (χ2v) is 10.1. The van der Waals surface area contributed by atoms with Crippen molar-refractivity contribution in [3.8, 4) is 0 Å². The molecule has 168 valence electrons. The Hall–Kier alpha value is -2.52. The summed E-state index contributed by atoms with van der Waals surface area (Å²) in [5.41, 5.74) is 1.46. The van der Waals surface area contributed by atoms with Gasteiger partial charge in [0.05, 0.1) is 28.2 Å². The van der Waals surface area contributed by atoms with Crippen LogP contribution in [0, 0.1) is 0 Å². The fraction of sp³-hybridized carbons (Fsp3) is 0.304. The summed E-state index contributed by atoms with van der Waals surface area (Å²) in [4.78, 5) is 17.0. The molecule has 7 nitrogen and oxygen atoms in total. The SMILES string of the molecule is CC1CN(S(=O)(=O)c2cccc(C(=O)OCc3cc4ccccc4nc3Cl)c2)CC(C)O1. The number of carbonyl (C=O) groups is 1. The molecule has 0 saturated carbocycles. The van der Waals surface area contributed by atoms with Gasteiger partial charge in [-0.1, -0.05) is 35.9 Å². The molecule has 0 aliphatic carbocycles. The van der Waals surface area contributed by atoms with Gasteiger partial charge in [-0.3, -0.25) is 0 Å². The predicted octanol–water partition coefficient (Wildman–Crippen LogP) is 4.04. The third-order valence-corrected chi connectivity index (χ3v) is 7.36. The summed E-state index contributed by atoms with van der Waals surface area (Å²) in [6.45, 7) is 4.10. The van der Waals surface area contributed by atoms with Gasteiger partial charge in [-0.25, -0.2) is 18.2 Å². The molecule has 1 fully saturated rings. The van der Waals surface area contributed by atoms with E-state index in [1.807, 2.05) is 44.2 Å². The third kappa shape index (κ3) is 4.78. The zero-order valence-electron chi connectivity index (χ0n) is 17.7. The Morgan fingerprint density at radius 3 is 2.59 bits per heavy atom. The third-order valence-electron chi connectivity index (χ3n) is 5.20. The molecule has 0 spiro atoms. The number of para-hydroxylation sites is 1. The molecular formula is C23H23ClN2O5S. The van der Waals surface area contributed by atoms with Crippen LogP contribution in [-0.2, 0) is 26.1 Å². The van der Waals surface area contributed by atoms with Crippen LogP contribution in [0.2, 0.25) is 5.15 Å². The summed E-state index contributed by atoms with van der Waals surface area (Å²) in [6, 6.07) is 15.2. The van der Waals surface area contributed by atoms with E-state index in [2.05, 4.69) is 4.98 Å². The van der Waals surface area contributed by atoms with Gasteiger partial charge >= 0.3 is 5.97 Å². The molecule has 0 amide bonds. The fourth-order valence-electron chi connectivity index (χ4n) is 3.72. The smallest absolute Gasteiger partial charge is 0.338 e. The largest absolute Gasteiger partial charge is 0.457 e. The zero-order chi connectivity index (χ0) is 22.9. The molecule has 32 heavy (non-hydrogen) atoms. The van der Waals surface area contributed by atoms with E-state index < -0.39 is 16.0 Å². The Bertz CT molecular complexity index is 1250. The first-order valence-electron chi connectivity index (χ1n) is 10.2. The minimum atomic E-state index is -3.77. The summed E-state index contributed by atoms with van der Waals surface area (Å²) in [5.74, 6) is -0.644. The number of hydrogen-bond donors (Lipinski definition) is 0. The molecule has 0 radical (unpaired) electrons. The number of carbonyl (C=O) groups excluding carboxylic acids is 1. The molecule has 0 N–H and O–H groups in total. The van der Waals surface area contributed by atoms with Gasteiger partial charge in [-0.2, -0.15) is 4.31 Å². The van der Waals surface area contributed by atoms with Crippen molar-refractivity contribution in [2.45, 2.75) is 37.6 Å². The van der Waals surface area contributed by atoms with Crippen molar-refractivity contribution in [3.05, 3.63) is 70.9 Å². The van der Waals surface area contributed by atoms with Gasteiger partial charge in [-0.05, 0) is 44.2 Å². The summed E-state index contributed by atoms with van der Waals surface area (Å²) < 4.78 is 38.6. The monoisotopic (exact) mass is 474 g/mol. The highest BCUT2D eigenvalue weighted by atomic mass is 35.5. The summed E-state index contributed by atoms with van der Waals surface area (Å²) in [5, 5.41) is 1.13. The molecule has 1 aromatic heterocycles. The topological polar surface area (TPSA) is 85.8 Å². The highest BCUT2D eigenvalue weighted by molar-refractivity contribution is 7.89. The summed E-state index contributed by atoms with van der Waals surface area (Å²) in [6.07, 6.45) is -0.413. The second-order valence-electron chi connectivity index (χ2n) is 7.81. The fourth-order valence-corrected chi connectivity index (χ4v) is 5.56. The van der Waals surface area contributed by atoms with Gasteiger partial charge in [0, 0.05) is 24.0 Å². The molecule has 2 unspecified atom stereocenters. The number of pyridine rings is 1. The van der Waals surface area contributed by atoms with E-state index in [4.69, 9.17) is 21.1 Å². The van der Waals surface area contributed by atoms with E-state index in [0.29, 0.717) is 5.56 Å². The lowest BCUT2D eigenvalue weighted by molar-refractivity contribution is -0.0440. The van der Waals surface area contributed by atoms with Crippen LogP contribution in [0.5, 0.6) is 0 Å². The van der Waals surface area contributed by atoms with Crippen LogP contribution in [0.15, 0.2) is 59.5 Å². The summed E-state index contributed by atoms with van der Waals surface area (Å²) in [7, 11) is -3.77.